The summed E-state index contributed by atoms with van der Waals surface area (Å²) in [4.78, 5) is 2.93. The summed E-state index contributed by atoms with van der Waals surface area (Å²) >= 11 is 0. The van der Waals surface area contributed by atoms with E-state index in [0.717, 1.165) is 11.8 Å². The first-order valence-electron chi connectivity index (χ1n) is 8.76. The number of hydrogen-bond donors (Lipinski definition) is 0. The fourth-order valence-corrected chi connectivity index (χ4v) is 3.74. The van der Waals surface area contributed by atoms with Crippen LogP contribution >= 0.6 is 0 Å². The molecule has 0 aromatic rings. The van der Waals surface area contributed by atoms with E-state index in [2.05, 4.69) is 43.9 Å². The molecule has 7 nitrogen and oxygen atoms in total. The molecule has 9 heteroatoms. The lowest BCUT2D eigenvalue weighted by Gasteiger charge is -2.39. The standard InChI is InChI=1S/C17H35N3O4SSi/c1-14(2)11-10-12-17(6,19-20-18)15(24-25(7,21)22)13-23-26(8,9)16(3,4)5/h11,15H,10,12-13H2,1-9H3/t15-,17+/m0/s1. The lowest BCUT2D eigenvalue weighted by molar-refractivity contribution is 0.0644. The van der Waals surface area contributed by atoms with Gasteiger partial charge in [-0.1, -0.05) is 44.5 Å². The van der Waals surface area contributed by atoms with Gasteiger partial charge in [-0.15, -0.1) is 0 Å². The normalized spacial score (nSPS) is 16.3. The van der Waals surface area contributed by atoms with E-state index >= 15 is 0 Å². The number of azide groups is 1. The third-order valence-corrected chi connectivity index (χ3v) is 9.95. The van der Waals surface area contributed by atoms with Crippen molar-refractivity contribution in [2.45, 2.75) is 84.2 Å². The van der Waals surface area contributed by atoms with Gasteiger partial charge in [-0.3, -0.25) is 4.18 Å². The second-order valence-electron chi connectivity index (χ2n) is 8.73. The highest BCUT2D eigenvalue weighted by Crippen LogP contribution is 2.37. The highest BCUT2D eigenvalue weighted by molar-refractivity contribution is 7.86. The Morgan fingerprint density at radius 1 is 1.27 bits per heavy atom. The molecule has 0 aromatic carbocycles. The van der Waals surface area contributed by atoms with Crippen molar-refractivity contribution in [3.05, 3.63) is 22.1 Å². The van der Waals surface area contributed by atoms with Crippen LogP contribution in [0.4, 0.5) is 0 Å². The second-order valence-corrected chi connectivity index (χ2v) is 15.1. The van der Waals surface area contributed by atoms with Gasteiger partial charge in [-0.2, -0.15) is 8.42 Å². The van der Waals surface area contributed by atoms with Gasteiger partial charge in [0.2, 0.25) is 0 Å². The summed E-state index contributed by atoms with van der Waals surface area (Å²) in [5, 5.41) is 3.87. The number of allylic oxidation sites excluding steroid dienone is 2. The molecular formula is C17H35N3O4SSi. The molecule has 0 aliphatic heterocycles. The maximum atomic E-state index is 11.8. The van der Waals surface area contributed by atoms with Crippen LogP contribution < -0.4 is 0 Å². The van der Waals surface area contributed by atoms with Crippen LogP contribution in [0, 0.1) is 0 Å². The summed E-state index contributed by atoms with van der Waals surface area (Å²) in [7, 11) is -5.85. The summed E-state index contributed by atoms with van der Waals surface area (Å²) in [5.41, 5.74) is 9.13. The molecule has 0 spiro atoms. The van der Waals surface area contributed by atoms with Crippen molar-refractivity contribution in [3.63, 3.8) is 0 Å². The molecule has 0 saturated carbocycles. The summed E-state index contributed by atoms with van der Waals surface area (Å²) < 4.78 is 35.0. The van der Waals surface area contributed by atoms with E-state index in [1.807, 2.05) is 19.9 Å². The minimum Gasteiger partial charge on any atom is -0.414 e. The number of rotatable bonds is 10. The van der Waals surface area contributed by atoms with Gasteiger partial charge in [-0.25, -0.2) is 0 Å². The Hall–Kier alpha value is -0.863. The molecule has 0 amide bonds. The van der Waals surface area contributed by atoms with Crippen LogP contribution in [0.25, 0.3) is 10.4 Å². The maximum Gasteiger partial charge on any atom is 0.264 e. The molecule has 0 rings (SSSR count). The van der Waals surface area contributed by atoms with Crippen molar-refractivity contribution in [1.29, 1.82) is 0 Å². The van der Waals surface area contributed by atoms with Crippen LogP contribution in [0.15, 0.2) is 16.8 Å². The molecule has 26 heavy (non-hydrogen) atoms. The lowest BCUT2D eigenvalue weighted by atomic mass is 9.90. The zero-order valence-corrected chi connectivity index (χ0v) is 19.5. The van der Waals surface area contributed by atoms with Gasteiger partial charge in [0.25, 0.3) is 10.1 Å². The largest absolute Gasteiger partial charge is 0.414 e. The zero-order chi connectivity index (χ0) is 20.8. The van der Waals surface area contributed by atoms with Gasteiger partial charge in [-0.05, 0) is 50.4 Å². The quantitative estimate of drug-likeness (QED) is 0.125. The fourth-order valence-electron chi connectivity index (χ4n) is 2.05. The third kappa shape index (κ3) is 8.68. The number of hydrogen-bond acceptors (Lipinski definition) is 5. The molecule has 0 unspecified atom stereocenters. The van der Waals surface area contributed by atoms with Crippen molar-refractivity contribution in [2.24, 2.45) is 5.11 Å². The summed E-state index contributed by atoms with van der Waals surface area (Å²) in [6.45, 7) is 16.2. The van der Waals surface area contributed by atoms with Gasteiger partial charge in [0, 0.05) is 4.91 Å². The van der Waals surface area contributed by atoms with Crippen LogP contribution in [0.3, 0.4) is 0 Å². The van der Waals surface area contributed by atoms with Crippen LogP contribution in [0.2, 0.25) is 18.1 Å². The SMILES string of the molecule is CC(C)=CCC[C@@](C)(N=[N+]=[N-])[C@H](CO[Si](C)(C)C(C)(C)C)OS(C)(=O)=O. The van der Waals surface area contributed by atoms with E-state index in [-0.39, 0.29) is 11.6 Å². The second kappa shape index (κ2) is 9.37. The average Bonchev–Trinajstić information content (AvgIpc) is 2.40. The minimum atomic E-state index is -3.73. The summed E-state index contributed by atoms with van der Waals surface area (Å²) in [6, 6.07) is 0. The fraction of sp³-hybridized carbons (Fsp3) is 0.882. The topological polar surface area (TPSA) is 101 Å². The Labute approximate surface area is 160 Å². The molecule has 0 heterocycles. The van der Waals surface area contributed by atoms with Crippen molar-refractivity contribution < 1.29 is 17.0 Å². The van der Waals surface area contributed by atoms with Crippen molar-refractivity contribution in [2.75, 3.05) is 12.9 Å². The van der Waals surface area contributed by atoms with Crippen LogP contribution in [-0.2, 0) is 18.7 Å². The van der Waals surface area contributed by atoms with Crippen LogP contribution in [0.5, 0.6) is 0 Å². The van der Waals surface area contributed by atoms with Gasteiger partial charge in [0.1, 0.15) is 6.10 Å². The Morgan fingerprint density at radius 2 is 1.81 bits per heavy atom. The predicted octanol–water partition coefficient (Wildman–Crippen LogP) is 5.17. The molecule has 0 N–H and O–H groups in total. The zero-order valence-electron chi connectivity index (χ0n) is 17.7. The number of nitrogens with zero attached hydrogens (tertiary/aromatic N) is 3. The predicted molar refractivity (Wildman–Crippen MR) is 109 cm³/mol. The molecule has 0 radical (unpaired) electrons. The Morgan fingerprint density at radius 3 is 2.19 bits per heavy atom. The first kappa shape index (κ1) is 25.1. The molecular weight excluding hydrogens is 370 g/mol. The van der Waals surface area contributed by atoms with Crippen molar-refractivity contribution in [1.82, 2.24) is 0 Å². The van der Waals surface area contributed by atoms with Crippen LogP contribution in [-0.4, -0.2) is 41.2 Å². The van der Waals surface area contributed by atoms with E-state index in [0.29, 0.717) is 12.8 Å². The highest BCUT2D eigenvalue weighted by Gasteiger charge is 2.42. The smallest absolute Gasteiger partial charge is 0.264 e. The van der Waals surface area contributed by atoms with Gasteiger partial charge < -0.3 is 4.43 Å². The Kier molecular flexibility index (Phi) is 9.06. The Balaban J connectivity index is 5.66. The molecule has 0 aliphatic rings. The first-order chi connectivity index (χ1) is 11.5. The molecule has 0 saturated heterocycles. The molecule has 0 aliphatic carbocycles. The summed E-state index contributed by atoms with van der Waals surface area (Å²) in [6.07, 6.45) is 3.26. The van der Waals surface area contributed by atoms with Gasteiger partial charge >= 0.3 is 0 Å². The maximum absolute atomic E-state index is 11.8. The van der Waals surface area contributed by atoms with Gasteiger partial charge in [0.15, 0.2) is 8.32 Å². The van der Waals surface area contributed by atoms with E-state index in [1.165, 1.54) is 0 Å². The van der Waals surface area contributed by atoms with E-state index in [4.69, 9.17) is 14.1 Å². The summed E-state index contributed by atoms with van der Waals surface area (Å²) in [5.74, 6) is 0. The van der Waals surface area contributed by atoms with E-state index in [1.54, 1.807) is 6.92 Å². The van der Waals surface area contributed by atoms with Crippen molar-refractivity contribution in [3.8, 4) is 0 Å². The third-order valence-electron chi connectivity index (χ3n) is 4.86. The van der Waals surface area contributed by atoms with Crippen LogP contribution in [0.1, 0.15) is 54.4 Å². The van der Waals surface area contributed by atoms with E-state index in [9.17, 15) is 8.42 Å². The van der Waals surface area contributed by atoms with Crippen molar-refractivity contribution >= 4 is 18.4 Å². The highest BCUT2D eigenvalue weighted by atomic mass is 32.2. The average molecular weight is 406 g/mol. The molecule has 0 fully saturated rings. The Bertz CT molecular complexity index is 645. The molecule has 2 atom stereocenters. The molecule has 0 bridgehead atoms. The minimum absolute atomic E-state index is 0.0282. The van der Waals surface area contributed by atoms with E-state index < -0.39 is 30.1 Å². The molecule has 0 aromatic heterocycles. The first-order valence-corrected chi connectivity index (χ1v) is 13.5. The lowest BCUT2D eigenvalue weighted by Crippen LogP contribution is -2.48. The monoisotopic (exact) mass is 405 g/mol. The van der Waals surface area contributed by atoms with Gasteiger partial charge in [0.05, 0.1) is 18.4 Å². The molecule has 152 valence electrons.